The highest BCUT2D eigenvalue weighted by atomic mass is 16.5. The van der Waals surface area contributed by atoms with Crippen molar-refractivity contribution in [2.24, 2.45) is 0 Å². The number of nitrogens with one attached hydrogen (secondary N) is 1. The Hall–Kier alpha value is -1.08. The van der Waals surface area contributed by atoms with Crippen molar-refractivity contribution in [1.82, 2.24) is 5.32 Å². The average molecular weight is 250 g/mol. The van der Waals surface area contributed by atoms with E-state index in [1.54, 1.807) is 0 Å². The number of nitrogens with zero attached hydrogens (tertiary/aromatic N) is 1. The van der Waals surface area contributed by atoms with E-state index in [1.807, 2.05) is 0 Å². The number of carbonyl (C=O) groups is 1. The molecule has 0 aromatic heterocycles. The van der Waals surface area contributed by atoms with E-state index in [0.717, 1.165) is 12.8 Å². The van der Waals surface area contributed by atoms with Crippen molar-refractivity contribution in [1.29, 1.82) is 0 Å². The maximum Gasteiger partial charge on any atom is 0.313 e. The maximum atomic E-state index is 12.4. The summed E-state index contributed by atoms with van der Waals surface area (Å²) in [5.74, 6) is -0.0623. The van der Waals surface area contributed by atoms with Crippen LogP contribution in [0.3, 0.4) is 0 Å². The van der Waals surface area contributed by atoms with Crippen molar-refractivity contribution in [3.8, 4) is 0 Å². The molecule has 1 saturated heterocycles. The third kappa shape index (κ3) is 3.02. The summed E-state index contributed by atoms with van der Waals surface area (Å²) >= 11 is 0. The van der Waals surface area contributed by atoms with Gasteiger partial charge in [-0.3, -0.25) is 9.64 Å². The quantitative estimate of drug-likeness (QED) is 0.603. The van der Waals surface area contributed by atoms with Crippen LogP contribution < -0.4 is 5.32 Å². The van der Waals surface area contributed by atoms with E-state index in [1.165, 1.54) is 25.7 Å². The zero-order chi connectivity index (χ0) is 12.8. The van der Waals surface area contributed by atoms with Crippen LogP contribution in [0.15, 0.2) is 0 Å². The summed E-state index contributed by atoms with van der Waals surface area (Å²) in [6.07, 6.45) is 8.14. The van der Waals surface area contributed by atoms with Crippen molar-refractivity contribution in [2.75, 3.05) is 13.2 Å². The first-order valence-electron chi connectivity index (χ1n) is 7.04. The summed E-state index contributed by atoms with van der Waals surface area (Å²) in [7, 11) is 0. The highest BCUT2D eigenvalue weighted by molar-refractivity contribution is 5.88. The van der Waals surface area contributed by atoms with E-state index >= 15 is 0 Å². The van der Waals surface area contributed by atoms with Crippen LogP contribution in [0.25, 0.3) is 4.85 Å². The Morgan fingerprint density at radius 1 is 1.17 bits per heavy atom. The molecule has 1 N–H and O–H groups in total. The fourth-order valence-electron chi connectivity index (χ4n) is 2.84. The molecule has 18 heavy (non-hydrogen) atoms. The van der Waals surface area contributed by atoms with E-state index in [9.17, 15) is 4.79 Å². The van der Waals surface area contributed by atoms with Crippen molar-refractivity contribution < 1.29 is 9.53 Å². The van der Waals surface area contributed by atoms with Crippen molar-refractivity contribution in [2.45, 2.75) is 62.9 Å². The number of hydrogen-bond acceptors (Lipinski definition) is 2. The molecule has 1 heterocycles. The molecule has 0 aromatic rings. The molecule has 0 atom stereocenters. The smallest absolute Gasteiger partial charge is 0.313 e. The second-order valence-corrected chi connectivity index (χ2v) is 5.42. The molecule has 1 aliphatic heterocycles. The van der Waals surface area contributed by atoms with E-state index in [0.29, 0.717) is 26.1 Å². The van der Waals surface area contributed by atoms with Crippen LogP contribution in [0.2, 0.25) is 0 Å². The van der Waals surface area contributed by atoms with Crippen LogP contribution in [0.4, 0.5) is 0 Å². The first-order chi connectivity index (χ1) is 8.77. The van der Waals surface area contributed by atoms with Gasteiger partial charge in [0.25, 0.3) is 0 Å². The lowest BCUT2D eigenvalue weighted by Gasteiger charge is -2.27. The van der Waals surface area contributed by atoms with Gasteiger partial charge >= 0.3 is 11.4 Å². The van der Waals surface area contributed by atoms with Gasteiger partial charge in [-0.1, -0.05) is 25.7 Å². The van der Waals surface area contributed by atoms with E-state index in [2.05, 4.69) is 10.2 Å². The minimum absolute atomic E-state index is 0.0623. The summed E-state index contributed by atoms with van der Waals surface area (Å²) in [5.41, 5.74) is -0.857. The summed E-state index contributed by atoms with van der Waals surface area (Å²) in [6, 6.07) is 0.279. The number of hydrogen-bond donors (Lipinski definition) is 1. The lowest BCUT2D eigenvalue weighted by Crippen LogP contribution is -2.51. The predicted molar refractivity (Wildman–Crippen MR) is 69.0 cm³/mol. The van der Waals surface area contributed by atoms with Crippen LogP contribution in [-0.2, 0) is 9.53 Å². The first-order valence-corrected chi connectivity index (χ1v) is 7.04. The maximum absolute atomic E-state index is 12.4. The summed E-state index contributed by atoms with van der Waals surface area (Å²) in [4.78, 5) is 16.0. The van der Waals surface area contributed by atoms with Gasteiger partial charge in [0.1, 0.15) is 0 Å². The predicted octanol–water partition coefficient (Wildman–Crippen LogP) is 2.29. The Morgan fingerprint density at radius 3 is 2.33 bits per heavy atom. The van der Waals surface area contributed by atoms with Gasteiger partial charge in [-0.05, 0) is 12.8 Å². The molecule has 0 aromatic carbocycles. The highest BCUT2D eigenvalue weighted by Crippen LogP contribution is 2.26. The van der Waals surface area contributed by atoms with Crippen LogP contribution >= 0.6 is 0 Å². The lowest BCUT2D eigenvalue weighted by atomic mass is 9.89. The van der Waals surface area contributed by atoms with E-state index in [-0.39, 0.29) is 11.9 Å². The molecular formula is C14H22N2O2. The van der Waals surface area contributed by atoms with Gasteiger partial charge in [-0.25, -0.2) is 6.57 Å². The molecule has 4 heteroatoms. The molecule has 0 unspecified atom stereocenters. The van der Waals surface area contributed by atoms with E-state index < -0.39 is 5.54 Å². The van der Waals surface area contributed by atoms with Crippen LogP contribution in [0, 0.1) is 6.57 Å². The largest absolute Gasteiger partial charge is 0.381 e. The number of amides is 1. The molecule has 4 nitrogen and oxygen atoms in total. The van der Waals surface area contributed by atoms with Gasteiger partial charge in [0.05, 0.1) is 26.1 Å². The molecule has 2 fully saturated rings. The zero-order valence-corrected chi connectivity index (χ0v) is 10.9. The number of rotatable bonds is 2. The van der Waals surface area contributed by atoms with Crippen molar-refractivity contribution in [3.05, 3.63) is 11.4 Å². The van der Waals surface area contributed by atoms with E-state index in [4.69, 9.17) is 11.3 Å². The average Bonchev–Trinajstić information content (AvgIpc) is 2.68. The van der Waals surface area contributed by atoms with Gasteiger partial charge in [0.2, 0.25) is 0 Å². The Labute approximate surface area is 109 Å². The third-order valence-electron chi connectivity index (χ3n) is 4.15. The minimum Gasteiger partial charge on any atom is -0.381 e. The molecular weight excluding hydrogens is 228 g/mol. The number of ether oxygens (including phenoxy) is 1. The van der Waals surface area contributed by atoms with Crippen LogP contribution in [0.1, 0.15) is 51.4 Å². The monoisotopic (exact) mass is 250 g/mol. The van der Waals surface area contributed by atoms with Gasteiger partial charge in [0, 0.05) is 6.04 Å². The van der Waals surface area contributed by atoms with Crippen molar-refractivity contribution in [3.63, 3.8) is 0 Å². The second-order valence-electron chi connectivity index (χ2n) is 5.42. The fourth-order valence-corrected chi connectivity index (χ4v) is 2.84. The first kappa shape index (κ1) is 13.4. The normalized spacial score (nSPS) is 24.8. The molecule has 1 saturated carbocycles. The second kappa shape index (κ2) is 6.19. The summed E-state index contributed by atoms with van der Waals surface area (Å²) < 4.78 is 5.26. The molecule has 2 rings (SSSR count). The molecule has 100 valence electrons. The Kier molecular flexibility index (Phi) is 4.60. The minimum atomic E-state index is -0.857. The standard InChI is InChI=1S/C14H22N2O2/c1-15-14(8-10-18-11-9-14)13(17)16-12-6-4-2-3-5-7-12/h12H,2-11H2,(H,16,17). The van der Waals surface area contributed by atoms with Crippen molar-refractivity contribution >= 4 is 5.91 Å². The SMILES string of the molecule is [C-]#[N+]C1(C(=O)NC2CCCCCC2)CCOCC1. The van der Waals surface area contributed by atoms with Crippen LogP contribution in [-0.4, -0.2) is 30.7 Å². The zero-order valence-electron chi connectivity index (χ0n) is 10.9. The number of carbonyl (C=O) groups excluding carboxylic acids is 1. The Morgan fingerprint density at radius 2 is 1.78 bits per heavy atom. The fraction of sp³-hybridized carbons (Fsp3) is 0.857. The Balaban J connectivity index is 1.94. The van der Waals surface area contributed by atoms with Crippen LogP contribution in [0.5, 0.6) is 0 Å². The third-order valence-corrected chi connectivity index (χ3v) is 4.15. The molecule has 1 aliphatic carbocycles. The molecule has 0 radical (unpaired) electrons. The van der Waals surface area contributed by atoms with Gasteiger partial charge in [0.15, 0.2) is 0 Å². The summed E-state index contributed by atoms with van der Waals surface area (Å²) in [6.45, 7) is 8.40. The molecule has 0 spiro atoms. The molecule has 0 bridgehead atoms. The van der Waals surface area contributed by atoms with Gasteiger partial charge in [-0.2, -0.15) is 0 Å². The highest BCUT2D eigenvalue weighted by Gasteiger charge is 2.47. The summed E-state index contributed by atoms with van der Waals surface area (Å²) in [5, 5.41) is 3.11. The van der Waals surface area contributed by atoms with Gasteiger partial charge in [-0.15, -0.1) is 0 Å². The van der Waals surface area contributed by atoms with Gasteiger partial charge < -0.3 is 10.1 Å². The molecule has 1 amide bonds. The lowest BCUT2D eigenvalue weighted by molar-refractivity contribution is -0.128. The molecule has 2 aliphatic rings. The topological polar surface area (TPSA) is 42.7 Å². The Bertz CT molecular complexity index is 321.